The van der Waals surface area contributed by atoms with Crippen LogP contribution in [0.1, 0.15) is 39.5 Å². The summed E-state index contributed by atoms with van der Waals surface area (Å²) in [5, 5.41) is 2.90. The summed E-state index contributed by atoms with van der Waals surface area (Å²) in [7, 11) is 0. The van der Waals surface area contributed by atoms with Gasteiger partial charge in [-0.05, 0) is 43.9 Å². The van der Waals surface area contributed by atoms with Gasteiger partial charge in [-0.3, -0.25) is 4.79 Å². The van der Waals surface area contributed by atoms with E-state index >= 15 is 0 Å². The van der Waals surface area contributed by atoms with E-state index in [9.17, 15) is 4.79 Å². The van der Waals surface area contributed by atoms with Gasteiger partial charge in [0, 0.05) is 12.5 Å². The largest absolute Gasteiger partial charge is 0.356 e. The molecule has 2 aliphatic rings. The molecule has 1 amide bonds. The van der Waals surface area contributed by atoms with Gasteiger partial charge in [0.05, 0.1) is 0 Å². The summed E-state index contributed by atoms with van der Waals surface area (Å²) in [6.07, 6.45) is 5.47. The van der Waals surface area contributed by atoms with E-state index in [1.807, 2.05) is 6.92 Å². The van der Waals surface area contributed by atoms with Crippen molar-refractivity contribution in [2.75, 3.05) is 6.54 Å². The summed E-state index contributed by atoms with van der Waals surface area (Å²) < 4.78 is 0. The molecule has 2 rings (SSSR count). The average Bonchev–Trinajstić information content (AvgIpc) is 2.80. The van der Waals surface area contributed by atoms with E-state index in [0.717, 1.165) is 12.0 Å². The predicted molar refractivity (Wildman–Crippen MR) is 52.2 cm³/mol. The highest BCUT2D eigenvalue weighted by atomic mass is 16.1. The number of nitrogens with one attached hydrogen (secondary N) is 1. The Balaban J connectivity index is 1.77. The minimum atomic E-state index is 0.242. The summed E-state index contributed by atoms with van der Waals surface area (Å²) in [5.41, 5.74) is 0.728. The molecule has 0 bridgehead atoms. The maximum absolute atomic E-state index is 11.5. The second kappa shape index (κ2) is 3.00. The van der Waals surface area contributed by atoms with Gasteiger partial charge < -0.3 is 5.32 Å². The van der Waals surface area contributed by atoms with Gasteiger partial charge in [0.15, 0.2) is 0 Å². The lowest BCUT2D eigenvalue weighted by Gasteiger charge is -2.39. The molecule has 0 unspecified atom stereocenters. The molecule has 74 valence electrons. The van der Waals surface area contributed by atoms with Crippen molar-refractivity contribution in [1.82, 2.24) is 5.32 Å². The van der Waals surface area contributed by atoms with Crippen molar-refractivity contribution in [2.45, 2.75) is 39.5 Å². The van der Waals surface area contributed by atoms with Gasteiger partial charge in [0.1, 0.15) is 0 Å². The van der Waals surface area contributed by atoms with Crippen LogP contribution in [-0.2, 0) is 4.79 Å². The van der Waals surface area contributed by atoms with Crippen molar-refractivity contribution in [3.63, 3.8) is 0 Å². The molecule has 2 aliphatic carbocycles. The van der Waals surface area contributed by atoms with Gasteiger partial charge in [-0.25, -0.2) is 0 Å². The molecule has 2 fully saturated rings. The number of amides is 1. The van der Waals surface area contributed by atoms with Gasteiger partial charge in [0.25, 0.3) is 0 Å². The molecule has 1 N–H and O–H groups in total. The summed E-state index contributed by atoms with van der Waals surface area (Å²) in [4.78, 5) is 11.5. The monoisotopic (exact) mass is 181 g/mol. The zero-order valence-electron chi connectivity index (χ0n) is 8.60. The van der Waals surface area contributed by atoms with Crippen molar-refractivity contribution in [2.24, 2.45) is 17.3 Å². The molecule has 1 spiro atoms. The van der Waals surface area contributed by atoms with Crippen molar-refractivity contribution < 1.29 is 4.79 Å². The van der Waals surface area contributed by atoms with E-state index in [4.69, 9.17) is 0 Å². The van der Waals surface area contributed by atoms with Crippen LogP contribution in [0.4, 0.5) is 0 Å². The third-order valence-corrected chi connectivity index (χ3v) is 3.82. The van der Waals surface area contributed by atoms with Crippen LogP contribution in [-0.4, -0.2) is 12.5 Å². The first-order valence-electron chi connectivity index (χ1n) is 5.44. The molecule has 0 heterocycles. The molecule has 2 heteroatoms. The van der Waals surface area contributed by atoms with Crippen LogP contribution < -0.4 is 5.32 Å². The first kappa shape index (κ1) is 9.04. The molecule has 0 saturated heterocycles. The van der Waals surface area contributed by atoms with Crippen LogP contribution in [0.3, 0.4) is 0 Å². The lowest BCUT2D eigenvalue weighted by atomic mass is 9.66. The molecular formula is C11H19NO. The first-order chi connectivity index (χ1) is 6.17. The van der Waals surface area contributed by atoms with Crippen LogP contribution in [0.25, 0.3) is 0 Å². The summed E-state index contributed by atoms with van der Waals surface area (Å²) >= 11 is 0. The van der Waals surface area contributed by atoms with E-state index in [0.29, 0.717) is 5.92 Å². The fourth-order valence-corrected chi connectivity index (χ4v) is 2.54. The maximum Gasteiger partial charge on any atom is 0.223 e. The topological polar surface area (TPSA) is 29.1 Å². The van der Waals surface area contributed by atoms with E-state index in [-0.39, 0.29) is 11.8 Å². The lowest BCUT2D eigenvalue weighted by molar-refractivity contribution is -0.127. The highest BCUT2D eigenvalue weighted by molar-refractivity contribution is 5.78. The lowest BCUT2D eigenvalue weighted by Crippen LogP contribution is -2.39. The van der Waals surface area contributed by atoms with Crippen molar-refractivity contribution in [1.29, 1.82) is 0 Å². The van der Waals surface area contributed by atoms with Crippen LogP contribution in [0.2, 0.25) is 0 Å². The van der Waals surface area contributed by atoms with E-state index < -0.39 is 0 Å². The van der Waals surface area contributed by atoms with E-state index in [1.165, 1.54) is 25.7 Å². The Labute approximate surface area is 80.1 Å². The Morgan fingerprint density at radius 1 is 1.54 bits per heavy atom. The molecular weight excluding hydrogens is 162 g/mol. The number of carbonyl (C=O) groups is 1. The number of hydrogen-bond acceptors (Lipinski definition) is 1. The second-order valence-electron chi connectivity index (χ2n) is 4.85. The Bertz CT molecular complexity index is 212. The molecule has 13 heavy (non-hydrogen) atoms. The van der Waals surface area contributed by atoms with Crippen molar-refractivity contribution in [3.05, 3.63) is 0 Å². The third kappa shape index (κ3) is 1.59. The standard InChI is InChI=1S/C11H19NO/c1-3-12-10(13)8(2)9-6-11(7-9)4-5-11/h8-9H,3-7H2,1-2H3,(H,12,13)/t8-/m1/s1. The fraction of sp³-hybridized carbons (Fsp3) is 0.909. The van der Waals surface area contributed by atoms with Crippen molar-refractivity contribution >= 4 is 5.91 Å². The van der Waals surface area contributed by atoms with Crippen LogP contribution in [0.15, 0.2) is 0 Å². The van der Waals surface area contributed by atoms with Gasteiger partial charge >= 0.3 is 0 Å². The SMILES string of the molecule is CCNC(=O)[C@H](C)C1CC2(CC2)C1. The molecule has 0 aliphatic heterocycles. The normalized spacial score (nSPS) is 26.6. The summed E-state index contributed by atoms with van der Waals surface area (Å²) in [6, 6.07) is 0. The van der Waals surface area contributed by atoms with E-state index in [2.05, 4.69) is 12.2 Å². The smallest absolute Gasteiger partial charge is 0.223 e. The zero-order chi connectivity index (χ0) is 9.47. The predicted octanol–water partition coefficient (Wildman–Crippen LogP) is 1.95. The maximum atomic E-state index is 11.5. The molecule has 0 aromatic carbocycles. The minimum Gasteiger partial charge on any atom is -0.356 e. The molecule has 0 radical (unpaired) electrons. The fourth-order valence-electron chi connectivity index (χ4n) is 2.54. The van der Waals surface area contributed by atoms with Crippen LogP contribution in [0, 0.1) is 17.3 Å². The third-order valence-electron chi connectivity index (χ3n) is 3.82. The highest BCUT2D eigenvalue weighted by Gasteiger charge is 2.54. The van der Waals surface area contributed by atoms with Gasteiger partial charge in [0.2, 0.25) is 5.91 Å². The van der Waals surface area contributed by atoms with Gasteiger partial charge in [-0.1, -0.05) is 6.92 Å². The van der Waals surface area contributed by atoms with Gasteiger partial charge in [-0.15, -0.1) is 0 Å². The highest BCUT2D eigenvalue weighted by Crippen LogP contribution is 2.64. The minimum absolute atomic E-state index is 0.242. The van der Waals surface area contributed by atoms with Crippen molar-refractivity contribution in [3.8, 4) is 0 Å². The average molecular weight is 181 g/mol. The zero-order valence-corrected chi connectivity index (χ0v) is 8.60. The Morgan fingerprint density at radius 3 is 2.62 bits per heavy atom. The number of hydrogen-bond donors (Lipinski definition) is 1. The Hall–Kier alpha value is -0.530. The number of carbonyl (C=O) groups excluding carboxylic acids is 1. The van der Waals surface area contributed by atoms with Crippen LogP contribution in [0.5, 0.6) is 0 Å². The molecule has 2 saturated carbocycles. The Morgan fingerprint density at radius 2 is 2.15 bits per heavy atom. The molecule has 0 aromatic rings. The van der Waals surface area contributed by atoms with Gasteiger partial charge in [-0.2, -0.15) is 0 Å². The summed E-state index contributed by atoms with van der Waals surface area (Å²) in [6.45, 7) is 4.82. The first-order valence-corrected chi connectivity index (χ1v) is 5.44. The molecule has 2 nitrogen and oxygen atoms in total. The second-order valence-corrected chi connectivity index (χ2v) is 4.85. The Kier molecular flexibility index (Phi) is 2.09. The molecule has 0 aromatic heterocycles. The van der Waals surface area contributed by atoms with E-state index in [1.54, 1.807) is 0 Å². The quantitative estimate of drug-likeness (QED) is 0.708. The van der Waals surface area contributed by atoms with Crippen LogP contribution >= 0.6 is 0 Å². The molecule has 1 atom stereocenters. The number of rotatable bonds is 3. The summed E-state index contributed by atoms with van der Waals surface area (Å²) in [5.74, 6) is 1.17.